The van der Waals surface area contributed by atoms with E-state index in [1.807, 2.05) is 6.92 Å². The van der Waals surface area contributed by atoms with E-state index < -0.39 is 18.0 Å². The number of halogens is 5. The van der Waals surface area contributed by atoms with Gasteiger partial charge in [-0.15, -0.1) is 13.2 Å². The minimum Gasteiger partial charge on any atom is -0.404 e. The summed E-state index contributed by atoms with van der Waals surface area (Å²) in [5, 5.41) is -0.340. The number of carbonyl (C=O) groups is 2. The number of hydrogen-bond donors (Lipinski definition) is 1. The summed E-state index contributed by atoms with van der Waals surface area (Å²) in [6, 6.07) is 8.27. The van der Waals surface area contributed by atoms with E-state index in [-0.39, 0.29) is 40.3 Å². The molecule has 1 aliphatic rings. The van der Waals surface area contributed by atoms with Gasteiger partial charge in [0.1, 0.15) is 11.6 Å². The number of benzene rings is 2. The predicted octanol–water partition coefficient (Wildman–Crippen LogP) is 4.15. The van der Waals surface area contributed by atoms with Crippen molar-refractivity contribution in [1.82, 2.24) is 9.80 Å². The standard InChI is InChI=1S/C24H24ClF4N3O3/c1-15-13-31(14-16-2-5-19(26)6-3-16)8-9-32(15)23(34)7-4-17-11-21(35-24(27,28)29)20(25)10-18(17)12-22(30)33/h2-7,10-11,15H,8-9,12-14H2,1H3,(H2,30,33)/t15-/m1/s1. The SMILES string of the molecule is C[C@@H]1CN(Cc2ccc(F)cc2)CCN1C(=O)C=Cc1cc(OC(F)(F)F)c(Cl)cc1CC(N)=O. The highest BCUT2D eigenvalue weighted by atomic mass is 35.5. The predicted molar refractivity (Wildman–Crippen MR) is 123 cm³/mol. The molecule has 2 aromatic carbocycles. The van der Waals surface area contributed by atoms with Crippen molar-refractivity contribution in [2.24, 2.45) is 5.73 Å². The van der Waals surface area contributed by atoms with Crippen LogP contribution >= 0.6 is 11.6 Å². The van der Waals surface area contributed by atoms with E-state index in [1.165, 1.54) is 24.3 Å². The van der Waals surface area contributed by atoms with E-state index >= 15 is 0 Å². The third-order valence-electron chi connectivity index (χ3n) is 5.50. The minimum atomic E-state index is -4.96. The van der Waals surface area contributed by atoms with Crippen LogP contribution in [0.4, 0.5) is 17.6 Å². The second-order valence-electron chi connectivity index (χ2n) is 8.25. The first-order chi connectivity index (χ1) is 16.4. The highest BCUT2D eigenvalue weighted by Crippen LogP contribution is 2.33. The van der Waals surface area contributed by atoms with E-state index in [0.29, 0.717) is 26.2 Å². The molecule has 0 aromatic heterocycles. The Bertz CT molecular complexity index is 1110. The fraction of sp³-hybridized carbons (Fsp3) is 0.333. The van der Waals surface area contributed by atoms with Crippen molar-refractivity contribution in [1.29, 1.82) is 0 Å². The average molecular weight is 514 g/mol. The number of rotatable bonds is 7. The van der Waals surface area contributed by atoms with Crippen LogP contribution in [-0.4, -0.2) is 53.7 Å². The number of alkyl halides is 3. The number of ether oxygens (including phenoxy) is 1. The summed E-state index contributed by atoms with van der Waals surface area (Å²) in [6.45, 7) is 4.13. The Balaban J connectivity index is 1.71. The number of primary amides is 1. The maximum atomic E-state index is 13.1. The first-order valence-corrected chi connectivity index (χ1v) is 11.1. The summed E-state index contributed by atoms with van der Waals surface area (Å²) < 4.78 is 55.1. The van der Waals surface area contributed by atoms with Gasteiger partial charge in [-0.2, -0.15) is 0 Å². The molecule has 1 atom stereocenters. The van der Waals surface area contributed by atoms with Crippen LogP contribution in [0.15, 0.2) is 42.5 Å². The number of carbonyl (C=O) groups excluding carboxylic acids is 2. The van der Waals surface area contributed by atoms with Crippen LogP contribution in [0.25, 0.3) is 6.08 Å². The first-order valence-electron chi connectivity index (χ1n) is 10.7. The van der Waals surface area contributed by atoms with Crippen molar-refractivity contribution in [3.63, 3.8) is 0 Å². The molecule has 188 valence electrons. The van der Waals surface area contributed by atoms with Crippen LogP contribution in [0, 0.1) is 5.82 Å². The normalized spacial score (nSPS) is 17.1. The molecule has 2 N–H and O–H groups in total. The van der Waals surface area contributed by atoms with Crippen molar-refractivity contribution < 1.29 is 31.9 Å². The molecule has 6 nitrogen and oxygen atoms in total. The summed E-state index contributed by atoms with van der Waals surface area (Å²) in [5.74, 6) is -2.00. The lowest BCUT2D eigenvalue weighted by Gasteiger charge is -2.39. The van der Waals surface area contributed by atoms with Crippen molar-refractivity contribution >= 4 is 29.5 Å². The lowest BCUT2D eigenvalue weighted by molar-refractivity contribution is -0.274. The molecule has 35 heavy (non-hydrogen) atoms. The Morgan fingerprint density at radius 3 is 2.49 bits per heavy atom. The molecule has 1 heterocycles. The van der Waals surface area contributed by atoms with Crippen LogP contribution in [-0.2, 0) is 22.6 Å². The molecule has 0 aliphatic carbocycles. The van der Waals surface area contributed by atoms with E-state index in [1.54, 1.807) is 17.0 Å². The zero-order valence-corrected chi connectivity index (χ0v) is 19.6. The van der Waals surface area contributed by atoms with E-state index in [4.69, 9.17) is 17.3 Å². The second kappa shape index (κ2) is 11.1. The molecule has 2 aromatic rings. The van der Waals surface area contributed by atoms with Gasteiger partial charge in [-0.25, -0.2) is 4.39 Å². The van der Waals surface area contributed by atoms with Gasteiger partial charge in [-0.1, -0.05) is 23.7 Å². The molecule has 0 unspecified atom stereocenters. The Hall–Kier alpha value is -3.11. The highest BCUT2D eigenvalue weighted by Gasteiger charge is 2.32. The van der Waals surface area contributed by atoms with Gasteiger partial charge in [0.25, 0.3) is 0 Å². The third kappa shape index (κ3) is 7.69. The van der Waals surface area contributed by atoms with Crippen LogP contribution < -0.4 is 10.5 Å². The number of nitrogens with two attached hydrogens (primary N) is 1. The third-order valence-corrected chi connectivity index (χ3v) is 5.80. The van der Waals surface area contributed by atoms with Crippen molar-refractivity contribution in [3.05, 3.63) is 70.0 Å². The summed E-state index contributed by atoms with van der Waals surface area (Å²) in [5.41, 5.74) is 6.61. The second-order valence-corrected chi connectivity index (χ2v) is 8.66. The maximum Gasteiger partial charge on any atom is 0.573 e. The Morgan fingerprint density at radius 1 is 1.20 bits per heavy atom. The van der Waals surface area contributed by atoms with Gasteiger partial charge in [0.05, 0.1) is 11.4 Å². The van der Waals surface area contributed by atoms with Crippen LogP contribution in [0.2, 0.25) is 5.02 Å². The molecule has 2 amide bonds. The van der Waals surface area contributed by atoms with Gasteiger partial charge < -0.3 is 15.4 Å². The Morgan fingerprint density at radius 2 is 1.89 bits per heavy atom. The zero-order chi connectivity index (χ0) is 25.8. The molecular formula is C24H24ClF4N3O3. The number of nitrogens with zero attached hydrogens (tertiary/aromatic N) is 2. The lowest BCUT2D eigenvalue weighted by Crippen LogP contribution is -2.53. The summed E-state index contributed by atoms with van der Waals surface area (Å²) in [4.78, 5) is 28.0. The van der Waals surface area contributed by atoms with Gasteiger partial charge in [0.15, 0.2) is 0 Å². The smallest absolute Gasteiger partial charge is 0.404 e. The molecule has 3 rings (SSSR count). The van der Waals surface area contributed by atoms with Gasteiger partial charge in [0.2, 0.25) is 11.8 Å². The number of amides is 2. The molecule has 1 saturated heterocycles. The van der Waals surface area contributed by atoms with Gasteiger partial charge in [-0.05, 0) is 54.0 Å². The molecule has 0 saturated carbocycles. The summed E-state index contributed by atoms with van der Waals surface area (Å²) in [6.07, 6.45) is -2.69. The Kier molecular flexibility index (Phi) is 8.39. The number of hydrogen-bond acceptors (Lipinski definition) is 4. The number of piperazine rings is 1. The molecule has 0 radical (unpaired) electrons. The monoisotopic (exact) mass is 513 g/mol. The largest absolute Gasteiger partial charge is 0.573 e. The fourth-order valence-corrected chi connectivity index (χ4v) is 4.14. The lowest BCUT2D eigenvalue weighted by atomic mass is 10.0. The molecule has 1 fully saturated rings. The molecule has 0 bridgehead atoms. The topological polar surface area (TPSA) is 75.9 Å². The van der Waals surface area contributed by atoms with Gasteiger partial charge >= 0.3 is 6.36 Å². The Labute approximate surface area is 204 Å². The zero-order valence-electron chi connectivity index (χ0n) is 18.8. The van der Waals surface area contributed by atoms with Crippen molar-refractivity contribution in [2.45, 2.75) is 32.3 Å². The van der Waals surface area contributed by atoms with Crippen LogP contribution in [0.1, 0.15) is 23.6 Å². The maximum absolute atomic E-state index is 13.1. The van der Waals surface area contributed by atoms with Gasteiger partial charge in [-0.3, -0.25) is 14.5 Å². The average Bonchev–Trinajstić information content (AvgIpc) is 2.75. The van der Waals surface area contributed by atoms with E-state index in [9.17, 15) is 27.2 Å². The molecular weight excluding hydrogens is 490 g/mol. The van der Waals surface area contributed by atoms with Crippen LogP contribution in [0.5, 0.6) is 5.75 Å². The molecule has 11 heteroatoms. The van der Waals surface area contributed by atoms with Crippen molar-refractivity contribution in [3.8, 4) is 5.75 Å². The van der Waals surface area contributed by atoms with Gasteiger partial charge in [0, 0.05) is 38.3 Å². The summed E-state index contributed by atoms with van der Waals surface area (Å²) >= 11 is 5.87. The van der Waals surface area contributed by atoms with E-state index in [0.717, 1.165) is 17.7 Å². The fourth-order valence-electron chi connectivity index (χ4n) is 3.92. The minimum absolute atomic E-state index is 0.138. The first kappa shape index (κ1) is 26.5. The molecule has 0 spiro atoms. The molecule has 1 aliphatic heterocycles. The van der Waals surface area contributed by atoms with Crippen molar-refractivity contribution in [2.75, 3.05) is 19.6 Å². The summed E-state index contributed by atoms with van der Waals surface area (Å²) in [7, 11) is 0. The highest BCUT2D eigenvalue weighted by molar-refractivity contribution is 6.32. The van der Waals surface area contributed by atoms with Crippen LogP contribution in [0.3, 0.4) is 0 Å². The quantitative estimate of drug-likeness (QED) is 0.446. The van der Waals surface area contributed by atoms with E-state index in [2.05, 4.69) is 9.64 Å².